The van der Waals surface area contributed by atoms with Crippen LogP contribution in [-0.4, -0.2) is 52.1 Å². The van der Waals surface area contributed by atoms with Gasteiger partial charge in [-0.2, -0.15) is 0 Å². The van der Waals surface area contributed by atoms with Gasteiger partial charge < -0.3 is 15.4 Å². The summed E-state index contributed by atoms with van der Waals surface area (Å²) in [7, 11) is 0. The van der Waals surface area contributed by atoms with Gasteiger partial charge in [-0.25, -0.2) is 9.55 Å². The quantitative estimate of drug-likeness (QED) is 0.608. The fourth-order valence-corrected chi connectivity index (χ4v) is 2.94. The van der Waals surface area contributed by atoms with Crippen molar-refractivity contribution in [3.8, 4) is 0 Å². The largest absolute Gasteiger partial charge is 0.358 e. The molecule has 0 radical (unpaired) electrons. The lowest BCUT2D eigenvalue weighted by Gasteiger charge is -2.29. The molecule has 0 spiro atoms. The lowest BCUT2D eigenvalue weighted by Crippen LogP contribution is -2.39. The Morgan fingerprint density at radius 2 is 2.43 bits per heavy atom. The van der Waals surface area contributed by atoms with Crippen LogP contribution in [0.3, 0.4) is 0 Å². The molecule has 1 fully saturated rings. The number of rotatable bonds is 7. The normalized spacial score (nSPS) is 19.1. The molecule has 1 aromatic rings. The van der Waals surface area contributed by atoms with E-state index >= 15 is 0 Å². The highest BCUT2D eigenvalue weighted by atomic mass is 16.6. The molecule has 7 heteroatoms. The van der Waals surface area contributed by atoms with Gasteiger partial charge in [-0.1, -0.05) is 6.92 Å². The van der Waals surface area contributed by atoms with E-state index in [-0.39, 0.29) is 10.7 Å². The van der Waals surface area contributed by atoms with Gasteiger partial charge in [0.25, 0.3) is 0 Å². The molecule has 7 nitrogen and oxygen atoms in total. The summed E-state index contributed by atoms with van der Waals surface area (Å²) >= 11 is 0. The Balaban J connectivity index is 1.90. The van der Waals surface area contributed by atoms with Crippen LogP contribution < -0.4 is 5.32 Å². The molecule has 0 aliphatic carbocycles. The van der Waals surface area contributed by atoms with Crippen molar-refractivity contribution in [3.63, 3.8) is 0 Å². The average Bonchev–Trinajstić information content (AvgIpc) is 2.86. The van der Waals surface area contributed by atoms with E-state index in [4.69, 9.17) is 0 Å². The summed E-state index contributed by atoms with van der Waals surface area (Å²) in [5.41, 5.74) is 0. The summed E-state index contributed by atoms with van der Waals surface area (Å²) in [5.74, 6) is 1.48. The molecule has 2 heterocycles. The Bertz CT molecular complexity index is 468. The smallest absolute Gasteiger partial charge is 0.342 e. The summed E-state index contributed by atoms with van der Waals surface area (Å²) in [6.45, 7) is 9.65. The fraction of sp³-hybridized carbons (Fsp3) is 0.786. The molecule has 0 bridgehead atoms. The molecule has 1 unspecified atom stereocenters. The Kier molecular flexibility index (Phi) is 5.69. The van der Waals surface area contributed by atoms with E-state index in [1.807, 2.05) is 6.92 Å². The van der Waals surface area contributed by atoms with Gasteiger partial charge in [0.1, 0.15) is 12.7 Å². The highest BCUT2D eigenvalue weighted by molar-refractivity contribution is 5.18. The van der Waals surface area contributed by atoms with Gasteiger partial charge >= 0.3 is 5.82 Å². The number of aromatic nitrogens is 2. The number of aryl methyl sites for hydroxylation is 1. The summed E-state index contributed by atoms with van der Waals surface area (Å²) < 4.78 is 1.70. The topological polar surface area (TPSA) is 76.2 Å². The number of likely N-dealkylation sites (N-methyl/N-ethyl adjacent to an activating group) is 1. The Labute approximate surface area is 125 Å². The molecular weight excluding hydrogens is 270 g/mol. The van der Waals surface area contributed by atoms with Crippen LogP contribution in [0.25, 0.3) is 0 Å². The fourth-order valence-electron chi connectivity index (χ4n) is 2.94. The minimum Gasteiger partial charge on any atom is -0.358 e. The predicted molar refractivity (Wildman–Crippen MR) is 81.3 cm³/mol. The monoisotopic (exact) mass is 295 g/mol. The number of nitrogens with zero attached hydrogens (tertiary/aromatic N) is 4. The van der Waals surface area contributed by atoms with Crippen molar-refractivity contribution in [1.82, 2.24) is 19.8 Å². The maximum Gasteiger partial charge on any atom is 0.342 e. The van der Waals surface area contributed by atoms with E-state index in [0.717, 1.165) is 32.7 Å². The highest BCUT2D eigenvalue weighted by Crippen LogP contribution is 2.15. The molecule has 21 heavy (non-hydrogen) atoms. The maximum absolute atomic E-state index is 11.0. The van der Waals surface area contributed by atoms with Crippen molar-refractivity contribution in [1.29, 1.82) is 0 Å². The van der Waals surface area contributed by atoms with E-state index in [1.54, 1.807) is 4.57 Å². The SMILES string of the molecule is CCN(CCn1c([N+](=O)[O-])cnc1C)CC1CCCNC1. The Morgan fingerprint density at radius 1 is 1.62 bits per heavy atom. The molecule has 0 saturated carbocycles. The lowest BCUT2D eigenvalue weighted by molar-refractivity contribution is -0.392. The zero-order chi connectivity index (χ0) is 15.2. The third kappa shape index (κ3) is 4.25. The first-order valence-electron chi connectivity index (χ1n) is 7.71. The van der Waals surface area contributed by atoms with Crippen molar-refractivity contribution >= 4 is 5.82 Å². The van der Waals surface area contributed by atoms with E-state index in [1.165, 1.54) is 19.0 Å². The Hall–Kier alpha value is -1.47. The Morgan fingerprint density at radius 3 is 3.05 bits per heavy atom. The van der Waals surface area contributed by atoms with Gasteiger partial charge in [0.2, 0.25) is 0 Å². The van der Waals surface area contributed by atoms with Crippen LogP contribution in [0.2, 0.25) is 0 Å². The van der Waals surface area contributed by atoms with Crippen LogP contribution in [-0.2, 0) is 6.54 Å². The number of hydrogen-bond acceptors (Lipinski definition) is 5. The van der Waals surface area contributed by atoms with Gasteiger partial charge in [0, 0.05) is 20.0 Å². The van der Waals surface area contributed by atoms with Crippen molar-refractivity contribution in [2.24, 2.45) is 5.92 Å². The van der Waals surface area contributed by atoms with Gasteiger partial charge in [-0.15, -0.1) is 0 Å². The van der Waals surface area contributed by atoms with Gasteiger partial charge in [0.05, 0.1) is 0 Å². The van der Waals surface area contributed by atoms with Crippen LogP contribution in [0.5, 0.6) is 0 Å². The number of imidazole rings is 1. The van der Waals surface area contributed by atoms with E-state index in [9.17, 15) is 10.1 Å². The van der Waals surface area contributed by atoms with Crippen LogP contribution in [0.15, 0.2) is 6.20 Å². The molecule has 1 saturated heterocycles. The first-order valence-corrected chi connectivity index (χ1v) is 7.71. The molecule has 1 aromatic heterocycles. The van der Waals surface area contributed by atoms with Gasteiger partial charge in [0.15, 0.2) is 5.82 Å². The zero-order valence-corrected chi connectivity index (χ0v) is 12.9. The van der Waals surface area contributed by atoms with Gasteiger partial charge in [-0.3, -0.25) is 4.90 Å². The molecule has 118 valence electrons. The van der Waals surface area contributed by atoms with E-state index in [2.05, 4.69) is 22.1 Å². The first-order chi connectivity index (χ1) is 10.1. The third-order valence-electron chi connectivity index (χ3n) is 4.22. The summed E-state index contributed by atoms with van der Waals surface area (Å²) in [6.07, 6.45) is 3.86. The molecule has 1 N–H and O–H groups in total. The van der Waals surface area contributed by atoms with Crippen LogP contribution >= 0.6 is 0 Å². The molecule has 2 rings (SSSR count). The second kappa shape index (κ2) is 7.51. The minimum absolute atomic E-state index is 0.0860. The number of nitro groups is 1. The zero-order valence-electron chi connectivity index (χ0n) is 12.9. The van der Waals surface area contributed by atoms with Crippen LogP contribution in [0, 0.1) is 23.0 Å². The van der Waals surface area contributed by atoms with E-state index < -0.39 is 0 Å². The lowest BCUT2D eigenvalue weighted by atomic mass is 9.99. The van der Waals surface area contributed by atoms with Crippen LogP contribution in [0.1, 0.15) is 25.6 Å². The standard InChI is InChI=1S/C14H25N5O2/c1-3-17(11-13-5-4-6-15-9-13)7-8-18-12(2)16-10-14(18)19(20)21/h10,13,15H,3-9,11H2,1-2H3. The second-order valence-electron chi connectivity index (χ2n) is 5.68. The molecular formula is C14H25N5O2. The van der Waals surface area contributed by atoms with Crippen molar-refractivity contribution in [2.45, 2.75) is 33.2 Å². The molecule has 1 aliphatic heterocycles. The van der Waals surface area contributed by atoms with E-state index in [0.29, 0.717) is 18.3 Å². The number of hydrogen-bond donors (Lipinski definition) is 1. The first kappa shape index (κ1) is 15.9. The third-order valence-corrected chi connectivity index (χ3v) is 4.22. The van der Waals surface area contributed by atoms with Crippen molar-refractivity contribution < 1.29 is 4.92 Å². The number of piperidine rings is 1. The minimum atomic E-state index is -0.360. The maximum atomic E-state index is 11.0. The van der Waals surface area contributed by atoms with Crippen molar-refractivity contribution in [2.75, 3.05) is 32.7 Å². The number of nitrogens with one attached hydrogen (secondary N) is 1. The summed E-state index contributed by atoms with van der Waals surface area (Å²) in [5, 5.41) is 14.4. The van der Waals surface area contributed by atoms with Gasteiger partial charge in [-0.05, 0) is 43.3 Å². The molecule has 0 aromatic carbocycles. The highest BCUT2D eigenvalue weighted by Gasteiger charge is 2.20. The second-order valence-corrected chi connectivity index (χ2v) is 5.68. The molecule has 1 aliphatic rings. The van der Waals surface area contributed by atoms with Crippen molar-refractivity contribution in [3.05, 3.63) is 22.1 Å². The summed E-state index contributed by atoms with van der Waals surface area (Å²) in [6, 6.07) is 0. The van der Waals surface area contributed by atoms with Crippen LogP contribution in [0.4, 0.5) is 5.82 Å². The summed E-state index contributed by atoms with van der Waals surface area (Å²) in [4.78, 5) is 17.1. The average molecular weight is 295 g/mol. The molecule has 1 atom stereocenters. The molecule has 0 amide bonds. The predicted octanol–water partition coefficient (Wildman–Crippen LogP) is 1.42.